The maximum Gasteiger partial charge on any atom is 0.261 e. The summed E-state index contributed by atoms with van der Waals surface area (Å²) >= 11 is 0. The molecule has 0 unspecified atom stereocenters. The van der Waals surface area contributed by atoms with Crippen molar-refractivity contribution in [2.24, 2.45) is 12.8 Å². The van der Waals surface area contributed by atoms with Crippen LogP contribution >= 0.6 is 0 Å². The molecule has 0 spiro atoms. The first-order valence-corrected chi connectivity index (χ1v) is 8.52. The van der Waals surface area contributed by atoms with Gasteiger partial charge in [0.05, 0.1) is 10.9 Å². The fourth-order valence-electron chi connectivity index (χ4n) is 3.19. The van der Waals surface area contributed by atoms with Gasteiger partial charge in [-0.3, -0.25) is 14.3 Å². The van der Waals surface area contributed by atoms with Gasteiger partial charge in [-0.05, 0) is 36.3 Å². The summed E-state index contributed by atoms with van der Waals surface area (Å²) in [6, 6.07) is 11.1. The monoisotopic (exact) mass is 345 g/mol. The van der Waals surface area contributed by atoms with Gasteiger partial charge in [-0.1, -0.05) is 12.0 Å². The molecule has 0 saturated carbocycles. The first-order valence-electron chi connectivity index (χ1n) is 8.52. The Bertz CT molecular complexity index is 1070. The summed E-state index contributed by atoms with van der Waals surface area (Å²) in [6.45, 7) is 2.20. The molecule has 130 valence electrons. The van der Waals surface area contributed by atoms with Gasteiger partial charge in [-0.15, -0.1) is 0 Å². The number of hydrogen-bond donors (Lipinski definition) is 1. The van der Waals surface area contributed by atoms with Crippen molar-refractivity contribution in [3.05, 3.63) is 70.0 Å². The number of nitrogens with two attached hydrogens (primary N) is 1. The molecule has 1 aliphatic heterocycles. The largest absolute Gasteiger partial charge is 0.318 e. The van der Waals surface area contributed by atoms with Crippen LogP contribution in [0, 0.1) is 11.8 Å². The Hall–Kier alpha value is -3.01. The zero-order chi connectivity index (χ0) is 18.1. The van der Waals surface area contributed by atoms with E-state index in [1.165, 1.54) is 0 Å². The second kappa shape index (κ2) is 6.71. The van der Waals surface area contributed by atoms with E-state index >= 15 is 0 Å². The van der Waals surface area contributed by atoms with Crippen LogP contribution in [0.5, 0.6) is 0 Å². The SMILES string of the molecule is Cn1c(C2CN(CN)C2)nc2cc(C#Cc3ccccn3)ccc2c1=O. The van der Waals surface area contributed by atoms with Crippen LogP contribution < -0.4 is 11.3 Å². The van der Waals surface area contributed by atoms with Gasteiger partial charge < -0.3 is 5.73 Å². The minimum absolute atomic E-state index is 0.0274. The van der Waals surface area contributed by atoms with Gasteiger partial charge in [0.25, 0.3) is 5.56 Å². The maximum absolute atomic E-state index is 12.7. The van der Waals surface area contributed by atoms with E-state index < -0.39 is 0 Å². The van der Waals surface area contributed by atoms with E-state index in [1.54, 1.807) is 23.9 Å². The Labute approximate surface area is 151 Å². The summed E-state index contributed by atoms with van der Waals surface area (Å²) in [6.07, 6.45) is 1.71. The number of fused-ring (bicyclic) bond motifs is 1. The van der Waals surface area contributed by atoms with E-state index in [-0.39, 0.29) is 11.5 Å². The summed E-state index contributed by atoms with van der Waals surface area (Å²) in [5.74, 6) is 7.17. The quantitative estimate of drug-likeness (QED) is 0.703. The second-order valence-corrected chi connectivity index (χ2v) is 6.45. The van der Waals surface area contributed by atoms with E-state index in [0.717, 1.165) is 24.5 Å². The Morgan fingerprint density at radius 1 is 1.23 bits per heavy atom. The Morgan fingerprint density at radius 2 is 2.08 bits per heavy atom. The molecule has 3 aromatic rings. The number of nitrogens with zero attached hydrogens (tertiary/aromatic N) is 4. The lowest BCUT2D eigenvalue weighted by Crippen LogP contribution is -2.49. The van der Waals surface area contributed by atoms with E-state index in [0.29, 0.717) is 23.3 Å². The minimum Gasteiger partial charge on any atom is -0.318 e. The van der Waals surface area contributed by atoms with Crippen LogP contribution in [0.2, 0.25) is 0 Å². The molecule has 1 fully saturated rings. The maximum atomic E-state index is 12.7. The minimum atomic E-state index is -0.0274. The van der Waals surface area contributed by atoms with Crippen LogP contribution in [0.25, 0.3) is 10.9 Å². The highest BCUT2D eigenvalue weighted by Crippen LogP contribution is 2.24. The molecule has 1 aliphatic rings. The van der Waals surface area contributed by atoms with Crippen molar-refractivity contribution in [1.29, 1.82) is 0 Å². The number of likely N-dealkylation sites (tertiary alicyclic amines) is 1. The van der Waals surface area contributed by atoms with Crippen molar-refractivity contribution in [1.82, 2.24) is 19.4 Å². The summed E-state index contributed by atoms with van der Waals surface area (Å²) in [4.78, 5) is 23.7. The number of benzene rings is 1. The summed E-state index contributed by atoms with van der Waals surface area (Å²) in [5.41, 5.74) is 7.83. The highest BCUT2D eigenvalue weighted by molar-refractivity contribution is 5.79. The second-order valence-electron chi connectivity index (χ2n) is 6.45. The molecule has 0 atom stereocenters. The predicted molar refractivity (Wildman–Crippen MR) is 101 cm³/mol. The van der Waals surface area contributed by atoms with Gasteiger partial charge in [0, 0.05) is 44.5 Å². The molecule has 4 rings (SSSR count). The van der Waals surface area contributed by atoms with E-state index in [4.69, 9.17) is 10.7 Å². The molecule has 3 heterocycles. The lowest BCUT2D eigenvalue weighted by molar-refractivity contribution is 0.145. The number of pyridine rings is 1. The third-order valence-electron chi connectivity index (χ3n) is 4.69. The smallest absolute Gasteiger partial charge is 0.261 e. The lowest BCUT2D eigenvalue weighted by atomic mass is 9.99. The number of aromatic nitrogens is 3. The van der Waals surface area contributed by atoms with Gasteiger partial charge in [-0.2, -0.15) is 0 Å². The van der Waals surface area contributed by atoms with E-state index in [9.17, 15) is 4.79 Å². The molecule has 0 aliphatic carbocycles. The van der Waals surface area contributed by atoms with Gasteiger partial charge in [0.15, 0.2) is 0 Å². The van der Waals surface area contributed by atoms with Crippen molar-refractivity contribution in [3.8, 4) is 11.8 Å². The van der Waals surface area contributed by atoms with Crippen LogP contribution in [0.4, 0.5) is 0 Å². The summed E-state index contributed by atoms with van der Waals surface area (Å²) in [5, 5.41) is 0.606. The van der Waals surface area contributed by atoms with Crippen molar-refractivity contribution in [2.45, 2.75) is 5.92 Å². The molecule has 0 amide bonds. The van der Waals surface area contributed by atoms with Crippen molar-refractivity contribution in [3.63, 3.8) is 0 Å². The highest BCUT2D eigenvalue weighted by atomic mass is 16.1. The van der Waals surface area contributed by atoms with Crippen LogP contribution in [-0.2, 0) is 7.05 Å². The van der Waals surface area contributed by atoms with Gasteiger partial charge in [0.1, 0.15) is 11.5 Å². The average Bonchev–Trinajstić information content (AvgIpc) is 2.64. The lowest BCUT2D eigenvalue weighted by Gasteiger charge is -2.38. The van der Waals surface area contributed by atoms with Crippen molar-refractivity contribution < 1.29 is 0 Å². The molecule has 0 radical (unpaired) electrons. The zero-order valence-electron chi connectivity index (χ0n) is 14.5. The van der Waals surface area contributed by atoms with Crippen LogP contribution in [0.3, 0.4) is 0 Å². The number of rotatable bonds is 2. The molecular formula is C20H19N5O. The molecule has 1 aromatic carbocycles. The fraction of sp³-hybridized carbons (Fsp3) is 0.250. The highest BCUT2D eigenvalue weighted by Gasteiger charge is 2.30. The molecule has 0 bridgehead atoms. The molecule has 6 heteroatoms. The first kappa shape index (κ1) is 16.5. The number of hydrogen-bond acceptors (Lipinski definition) is 5. The summed E-state index contributed by atoms with van der Waals surface area (Å²) < 4.78 is 1.65. The standard InChI is InChI=1S/C20H19N5O/c1-24-19(15-11-25(12-15)13-21)23-18-10-14(6-8-17(18)20(24)26)5-7-16-4-2-3-9-22-16/h2-4,6,8-10,15H,11-13,21H2,1H3. The van der Waals surface area contributed by atoms with Crippen molar-refractivity contribution >= 4 is 10.9 Å². The van der Waals surface area contributed by atoms with Gasteiger partial charge in [0.2, 0.25) is 0 Å². The Kier molecular flexibility index (Phi) is 4.25. The summed E-state index contributed by atoms with van der Waals surface area (Å²) in [7, 11) is 1.78. The average molecular weight is 345 g/mol. The fourth-order valence-corrected chi connectivity index (χ4v) is 3.19. The molecule has 1 saturated heterocycles. The Morgan fingerprint density at radius 3 is 2.81 bits per heavy atom. The van der Waals surface area contributed by atoms with Crippen LogP contribution in [-0.4, -0.2) is 39.2 Å². The zero-order valence-corrected chi connectivity index (χ0v) is 14.5. The van der Waals surface area contributed by atoms with Gasteiger partial charge >= 0.3 is 0 Å². The van der Waals surface area contributed by atoms with Crippen LogP contribution in [0.1, 0.15) is 23.0 Å². The third-order valence-corrected chi connectivity index (χ3v) is 4.69. The molecule has 2 aromatic heterocycles. The van der Waals surface area contributed by atoms with Crippen molar-refractivity contribution in [2.75, 3.05) is 19.8 Å². The van der Waals surface area contributed by atoms with E-state index in [2.05, 4.69) is 21.7 Å². The molecule has 6 nitrogen and oxygen atoms in total. The predicted octanol–water partition coefficient (Wildman–Crippen LogP) is 1.04. The first-order chi connectivity index (χ1) is 12.7. The van der Waals surface area contributed by atoms with E-state index in [1.807, 2.05) is 30.3 Å². The molecular weight excluding hydrogens is 326 g/mol. The molecule has 2 N–H and O–H groups in total. The molecule has 26 heavy (non-hydrogen) atoms. The van der Waals surface area contributed by atoms with Crippen LogP contribution in [0.15, 0.2) is 47.4 Å². The normalized spacial score (nSPS) is 14.7. The topological polar surface area (TPSA) is 77.0 Å². The van der Waals surface area contributed by atoms with Gasteiger partial charge in [-0.25, -0.2) is 9.97 Å². The third kappa shape index (κ3) is 2.99. The Balaban J connectivity index is 1.72.